The average Bonchev–Trinajstić information content (AvgIpc) is 3.04. The first-order valence-corrected chi connectivity index (χ1v) is 13.7. The third kappa shape index (κ3) is 5.60. The first-order chi connectivity index (χ1) is 20.5. The molecule has 42 heavy (non-hydrogen) atoms. The molecule has 1 saturated heterocycles. The van der Waals surface area contributed by atoms with Crippen molar-refractivity contribution in [2.45, 2.75) is 0 Å². The molecule has 1 aliphatic heterocycles. The summed E-state index contributed by atoms with van der Waals surface area (Å²) in [4.78, 5) is 42.3. The number of nitrogens with one attached hydrogen (secondary N) is 1. The zero-order valence-electron chi connectivity index (χ0n) is 23.1. The number of piperazine rings is 1. The third-order valence-electron chi connectivity index (χ3n) is 7.49. The SMILES string of the molecule is COc1ccc(C(=O)N2CCN(c3ccc(NC(=O)c4ccc(-c5cc6ccccc6oc5=O)cc4)cc3)CC2)cc1. The van der Waals surface area contributed by atoms with Crippen LogP contribution in [-0.2, 0) is 0 Å². The molecule has 0 radical (unpaired) electrons. The molecule has 1 fully saturated rings. The molecule has 2 amide bonds. The molecule has 0 saturated carbocycles. The van der Waals surface area contributed by atoms with E-state index in [2.05, 4.69) is 10.2 Å². The molecule has 6 rings (SSSR count). The van der Waals surface area contributed by atoms with Crippen molar-refractivity contribution in [1.29, 1.82) is 0 Å². The van der Waals surface area contributed by atoms with Gasteiger partial charge in [-0.25, -0.2) is 4.79 Å². The lowest BCUT2D eigenvalue weighted by Crippen LogP contribution is -2.48. The molecule has 0 bridgehead atoms. The predicted molar refractivity (Wildman–Crippen MR) is 163 cm³/mol. The van der Waals surface area contributed by atoms with E-state index >= 15 is 0 Å². The molecule has 5 aromatic rings. The van der Waals surface area contributed by atoms with Crippen molar-refractivity contribution in [3.05, 3.63) is 125 Å². The Morgan fingerprint density at radius 2 is 1.45 bits per heavy atom. The van der Waals surface area contributed by atoms with E-state index < -0.39 is 5.63 Å². The van der Waals surface area contributed by atoms with E-state index in [0.717, 1.165) is 29.9 Å². The predicted octanol–water partition coefficient (Wildman–Crippen LogP) is 5.68. The highest BCUT2D eigenvalue weighted by Crippen LogP contribution is 2.24. The minimum atomic E-state index is -0.420. The van der Waals surface area contributed by atoms with Gasteiger partial charge in [0.25, 0.3) is 11.8 Å². The van der Waals surface area contributed by atoms with E-state index in [1.807, 2.05) is 47.4 Å². The van der Waals surface area contributed by atoms with Crippen LogP contribution in [0.25, 0.3) is 22.1 Å². The summed E-state index contributed by atoms with van der Waals surface area (Å²) in [5.74, 6) is 0.496. The van der Waals surface area contributed by atoms with Gasteiger partial charge in [-0.05, 0) is 78.4 Å². The van der Waals surface area contributed by atoms with Crippen LogP contribution in [0.15, 0.2) is 112 Å². The van der Waals surface area contributed by atoms with E-state index in [-0.39, 0.29) is 11.8 Å². The van der Waals surface area contributed by atoms with Crippen molar-refractivity contribution >= 4 is 34.2 Å². The molecule has 0 unspecified atom stereocenters. The minimum Gasteiger partial charge on any atom is -0.497 e. The van der Waals surface area contributed by atoms with Gasteiger partial charge in [0, 0.05) is 54.1 Å². The Hall–Kier alpha value is -5.37. The number of benzene rings is 4. The Labute approximate surface area is 242 Å². The summed E-state index contributed by atoms with van der Waals surface area (Å²) in [6.45, 7) is 2.69. The number of nitrogens with zero attached hydrogens (tertiary/aromatic N) is 2. The molecule has 210 valence electrons. The van der Waals surface area contributed by atoms with Crippen molar-refractivity contribution in [2.24, 2.45) is 0 Å². The van der Waals surface area contributed by atoms with Gasteiger partial charge in [-0.1, -0.05) is 30.3 Å². The maximum absolute atomic E-state index is 12.9. The molecule has 1 aliphatic rings. The zero-order chi connectivity index (χ0) is 29.1. The lowest BCUT2D eigenvalue weighted by molar-refractivity contribution is 0.0746. The summed E-state index contributed by atoms with van der Waals surface area (Å²) in [5, 5.41) is 3.77. The Morgan fingerprint density at radius 1 is 0.786 bits per heavy atom. The number of carbonyl (C=O) groups is 2. The van der Waals surface area contributed by atoms with Gasteiger partial charge in [0.15, 0.2) is 0 Å². The van der Waals surface area contributed by atoms with Crippen LogP contribution in [0.1, 0.15) is 20.7 Å². The number of para-hydroxylation sites is 1. The lowest BCUT2D eigenvalue weighted by atomic mass is 10.0. The van der Waals surface area contributed by atoms with Crippen molar-refractivity contribution in [3.63, 3.8) is 0 Å². The van der Waals surface area contributed by atoms with Gasteiger partial charge in [0.05, 0.1) is 12.7 Å². The smallest absolute Gasteiger partial charge is 0.344 e. The van der Waals surface area contributed by atoms with E-state index in [4.69, 9.17) is 9.15 Å². The molecule has 0 aliphatic carbocycles. The number of ether oxygens (including phenoxy) is 1. The molecule has 0 atom stereocenters. The van der Waals surface area contributed by atoms with Gasteiger partial charge in [0.1, 0.15) is 11.3 Å². The van der Waals surface area contributed by atoms with Crippen LogP contribution in [0.4, 0.5) is 11.4 Å². The molecular weight excluding hydrogens is 530 g/mol. The highest BCUT2D eigenvalue weighted by atomic mass is 16.5. The first kappa shape index (κ1) is 26.8. The molecular formula is C34H29N3O5. The molecule has 1 aromatic heterocycles. The molecule has 2 heterocycles. The number of carbonyl (C=O) groups excluding carboxylic acids is 2. The summed E-state index contributed by atoms with van der Waals surface area (Å²) in [6.07, 6.45) is 0. The van der Waals surface area contributed by atoms with Crippen molar-refractivity contribution in [3.8, 4) is 16.9 Å². The van der Waals surface area contributed by atoms with Gasteiger partial charge in [-0.15, -0.1) is 0 Å². The monoisotopic (exact) mass is 559 g/mol. The number of anilines is 2. The Morgan fingerprint density at radius 3 is 2.14 bits per heavy atom. The fraction of sp³-hybridized carbons (Fsp3) is 0.147. The molecule has 1 N–H and O–H groups in total. The topological polar surface area (TPSA) is 92.1 Å². The number of hydrogen-bond donors (Lipinski definition) is 1. The van der Waals surface area contributed by atoms with E-state index in [0.29, 0.717) is 46.6 Å². The summed E-state index contributed by atoms with van der Waals surface area (Å²) >= 11 is 0. The zero-order valence-corrected chi connectivity index (χ0v) is 23.1. The second-order valence-corrected chi connectivity index (χ2v) is 10.1. The molecule has 0 spiro atoms. The van der Waals surface area contributed by atoms with Gasteiger partial charge < -0.3 is 24.3 Å². The second-order valence-electron chi connectivity index (χ2n) is 10.1. The molecule has 8 heteroatoms. The summed E-state index contributed by atoms with van der Waals surface area (Å²) in [7, 11) is 1.60. The van der Waals surface area contributed by atoms with Crippen molar-refractivity contribution < 1.29 is 18.7 Å². The fourth-order valence-electron chi connectivity index (χ4n) is 5.11. The Bertz CT molecular complexity index is 1790. The highest BCUT2D eigenvalue weighted by Gasteiger charge is 2.22. The van der Waals surface area contributed by atoms with Crippen LogP contribution in [0.5, 0.6) is 5.75 Å². The first-order valence-electron chi connectivity index (χ1n) is 13.7. The largest absolute Gasteiger partial charge is 0.497 e. The summed E-state index contributed by atoms with van der Waals surface area (Å²) < 4.78 is 10.6. The Balaban J connectivity index is 1.05. The normalized spacial score (nSPS) is 13.2. The van der Waals surface area contributed by atoms with Crippen LogP contribution < -0.4 is 20.6 Å². The third-order valence-corrected chi connectivity index (χ3v) is 7.49. The van der Waals surface area contributed by atoms with Gasteiger partial charge in [-0.2, -0.15) is 0 Å². The summed E-state index contributed by atoms with van der Waals surface area (Å²) in [6, 6.07) is 30.9. The van der Waals surface area contributed by atoms with E-state index in [1.54, 1.807) is 67.8 Å². The van der Waals surface area contributed by atoms with Gasteiger partial charge in [-0.3, -0.25) is 9.59 Å². The number of hydrogen-bond acceptors (Lipinski definition) is 6. The van der Waals surface area contributed by atoms with Crippen LogP contribution in [0.3, 0.4) is 0 Å². The molecule has 4 aromatic carbocycles. The number of methoxy groups -OCH3 is 1. The maximum atomic E-state index is 12.9. The van der Waals surface area contributed by atoms with Crippen LogP contribution in [0.2, 0.25) is 0 Å². The minimum absolute atomic E-state index is 0.0177. The van der Waals surface area contributed by atoms with Crippen LogP contribution in [-0.4, -0.2) is 50.0 Å². The van der Waals surface area contributed by atoms with Crippen molar-refractivity contribution in [1.82, 2.24) is 4.90 Å². The highest BCUT2D eigenvalue weighted by molar-refractivity contribution is 6.04. The van der Waals surface area contributed by atoms with Gasteiger partial charge >= 0.3 is 5.63 Å². The lowest BCUT2D eigenvalue weighted by Gasteiger charge is -2.36. The number of rotatable bonds is 6. The van der Waals surface area contributed by atoms with E-state index in [9.17, 15) is 14.4 Å². The second kappa shape index (κ2) is 11.6. The maximum Gasteiger partial charge on any atom is 0.344 e. The van der Waals surface area contributed by atoms with Gasteiger partial charge in [0.2, 0.25) is 0 Å². The quantitative estimate of drug-likeness (QED) is 0.269. The fourth-order valence-corrected chi connectivity index (χ4v) is 5.11. The Kier molecular flexibility index (Phi) is 7.43. The van der Waals surface area contributed by atoms with E-state index in [1.165, 1.54) is 0 Å². The number of amides is 2. The summed E-state index contributed by atoms with van der Waals surface area (Å²) in [5.41, 5.74) is 4.08. The van der Waals surface area contributed by atoms with Crippen LogP contribution in [0, 0.1) is 0 Å². The standard InChI is InChI=1S/C34H29N3O5/c1-41-29-16-10-25(11-17-29)33(39)37-20-18-36(19-21-37)28-14-12-27(13-15-28)35-32(38)24-8-6-23(7-9-24)30-22-26-4-2-3-5-31(26)42-34(30)40/h2-17,22H,18-21H2,1H3,(H,35,38). The van der Waals surface area contributed by atoms with Crippen LogP contribution >= 0.6 is 0 Å². The number of fused-ring (bicyclic) bond motifs is 1. The average molecular weight is 560 g/mol. The molecule has 8 nitrogen and oxygen atoms in total. The van der Waals surface area contributed by atoms with Crippen molar-refractivity contribution in [2.75, 3.05) is 43.5 Å².